The molecule has 0 amide bonds. The molecule has 0 aliphatic heterocycles. The Kier molecular flexibility index (Phi) is 5.69. The van der Waals surface area contributed by atoms with Gasteiger partial charge in [0.1, 0.15) is 12.4 Å². The van der Waals surface area contributed by atoms with Crippen molar-refractivity contribution in [2.24, 2.45) is 0 Å². The van der Waals surface area contributed by atoms with Crippen molar-refractivity contribution in [3.05, 3.63) is 29.3 Å². The average Bonchev–Trinajstić information content (AvgIpc) is 2.43. The zero-order valence-corrected chi connectivity index (χ0v) is 14.2. The summed E-state index contributed by atoms with van der Waals surface area (Å²) >= 11 is 0. The van der Waals surface area contributed by atoms with Gasteiger partial charge in [0.25, 0.3) is 0 Å². The minimum atomic E-state index is 0.125. The molecule has 1 aromatic carbocycles. The maximum atomic E-state index is 6.07. The zero-order chi connectivity index (χ0) is 15.3. The summed E-state index contributed by atoms with van der Waals surface area (Å²) in [6.07, 6.45) is 6.83. The van der Waals surface area contributed by atoms with Gasteiger partial charge in [-0.3, -0.25) is 0 Å². The van der Waals surface area contributed by atoms with Crippen LogP contribution in [-0.2, 0) is 5.41 Å². The van der Waals surface area contributed by atoms with Gasteiger partial charge in [0, 0.05) is 12.6 Å². The maximum Gasteiger partial charge on any atom is 0.123 e. The molecule has 1 N–H and O–H groups in total. The van der Waals surface area contributed by atoms with Crippen LogP contribution in [0.3, 0.4) is 0 Å². The van der Waals surface area contributed by atoms with E-state index in [9.17, 15) is 0 Å². The van der Waals surface area contributed by atoms with Gasteiger partial charge in [-0.15, -0.1) is 0 Å². The van der Waals surface area contributed by atoms with E-state index in [0.29, 0.717) is 6.04 Å². The molecule has 1 aromatic rings. The van der Waals surface area contributed by atoms with Crippen LogP contribution in [-0.4, -0.2) is 19.2 Å². The van der Waals surface area contributed by atoms with Gasteiger partial charge in [0.2, 0.25) is 0 Å². The Hall–Kier alpha value is -1.02. The quantitative estimate of drug-likeness (QED) is 0.800. The highest BCUT2D eigenvalue weighted by atomic mass is 16.5. The molecule has 0 aromatic heterocycles. The van der Waals surface area contributed by atoms with Crippen LogP contribution < -0.4 is 10.1 Å². The molecule has 0 saturated heterocycles. The molecule has 118 valence electrons. The second-order valence-corrected chi connectivity index (χ2v) is 7.39. The normalized spacial score (nSPS) is 17.0. The average molecular weight is 289 g/mol. The minimum absolute atomic E-state index is 0.125. The lowest BCUT2D eigenvalue weighted by Crippen LogP contribution is -2.34. The van der Waals surface area contributed by atoms with Crippen LogP contribution in [0.5, 0.6) is 5.75 Å². The molecule has 2 heteroatoms. The van der Waals surface area contributed by atoms with E-state index in [1.807, 2.05) is 0 Å². The Morgan fingerprint density at radius 2 is 1.86 bits per heavy atom. The van der Waals surface area contributed by atoms with Gasteiger partial charge in [-0.05, 0) is 42.4 Å². The van der Waals surface area contributed by atoms with E-state index in [-0.39, 0.29) is 5.41 Å². The van der Waals surface area contributed by atoms with Crippen molar-refractivity contribution in [3.63, 3.8) is 0 Å². The van der Waals surface area contributed by atoms with Gasteiger partial charge in [-0.2, -0.15) is 0 Å². The molecule has 0 radical (unpaired) electrons. The van der Waals surface area contributed by atoms with Gasteiger partial charge >= 0.3 is 0 Å². The van der Waals surface area contributed by atoms with Gasteiger partial charge in [0.05, 0.1) is 0 Å². The Labute approximate surface area is 130 Å². The van der Waals surface area contributed by atoms with Crippen molar-refractivity contribution in [1.82, 2.24) is 5.32 Å². The summed E-state index contributed by atoms with van der Waals surface area (Å²) in [5.41, 5.74) is 2.68. The smallest absolute Gasteiger partial charge is 0.123 e. The first-order valence-electron chi connectivity index (χ1n) is 8.44. The third-order valence-electron chi connectivity index (χ3n) is 4.34. The summed E-state index contributed by atoms with van der Waals surface area (Å²) < 4.78 is 6.07. The highest BCUT2D eigenvalue weighted by Gasteiger charge is 2.19. The Bertz CT molecular complexity index is 441. The first-order chi connectivity index (χ1) is 9.97. The van der Waals surface area contributed by atoms with Crippen molar-refractivity contribution in [2.45, 2.75) is 71.3 Å². The van der Waals surface area contributed by atoms with E-state index in [1.54, 1.807) is 0 Å². The first kappa shape index (κ1) is 16.4. The van der Waals surface area contributed by atoms with E-state index in [4.69, 9.17) is 4.74 Å². The number of ether oxygens (including phenoxy) is 1. The molecule has 21 heavy (non-hydrogen) atoms. The van der Waals surface area contributed by atoms with E-state index < -0.39 is 0 Å². The van der Waals surface area contributed by atoms with E-state index >= 15 is 0 Å². The second-order valence-electron chi connectivity index (χ2n) is 7.39. The number of aryl methyl sites for hydroxylation is 1. The Balaban J connectivity index is 1.86. The third kappa shape index (κ3) is 5.03. The van der Waals surface area contributed by atoms with Crippen LogP contribution in [0.4, 0.5) is 0 Å². The molecule has 2 nitrogen and oxygen atoms in total. The molecule has 0 atom stereocenters. The van der Waals surface area contributed by atoms with Crippen LogP contribution in [0.25, 0.3) is 0 Å². The van der Waals surface area contributed by atoms with Gasteiger partial charge < -0.3 is 10.1 Å². The van der Waals surface area contributed by atoms with Gasteiger partial charge in [0.15, 0.2) is 0 Å². The first-order valence-corrected chi connectivity index (χ1v) is 8.44. The number of benzene rings is 1. The number of rotatable bonds is 5. The lowest BCUT2D eigenvalue weighted by molar-refractivity contribution is 0.284. The lowest BCUT2D eigenvalue weighted by atomic mass is 9.86. The number of hydrogen-bond acceptors (Lipinski definition) is 2. The molecule has 0 heterocycles. The highest BCUT2D eigenvalue weighted by Crippen LogP contribution is 2.32. The van der Waals surface area contributed by atoms with Gasteiger partial charge in [-0.1, -0.05) is 52.2 Å². The summed E-state index contributed by atoms with van der Waals surface area (Å²) in [7, 11) is 0. The third-order valence-corrected chi connectivity index (χ3v) is 4.34. The standard InChI is InChI=1S/C19H31NO/c1-15-10-11-17(19(2,3)4)18(14-15)21-13-12-20-16-8-6-5-7-9-16/h10-11,14,16,20H,5-9,12-13H2,1-4H3. The topological polar surface area (TPSA) is 21.3 Å². The molecule has 1 saturated carbocycles. The van der Waals surface area contributed by atoms with E-state index in [1.165, 1.54) is 43.2 Å². The minimum Gasteiger partial charge on any atom is -0.492 e. The van der Waals surface area contributed by atoms with Crippen molar-refractivity contribution in [3.8, 4) is 5.75 Å². The monoisotopic (exact) mass is 289 g/mol. The van der Waals surface area contributed by atoms with Crippen molar-refractivity contribution in [1.29, 1.82) is 0 Å². The molecular formula is C19H31NO. The van der Waals surface area contributed by atoms with Crippen molar-refractivity contribution < 1.29 is 4.74 Å². The van der Waals surface area contributed by atoms with Crippen LogP contribution in [0, 0.1) is 6.92 Å². The SMILES string of the molecule is Cc1ccc(C(C)(C)C)c(OCCNC2CCCCC2)c1. The van der Waals surface area contributed by atoms with Crippen LogP contribution in [0.1, 0.15) is 64.0 Å². The molecule has 1 fully saturated rings. The fourth-order valence-electron chi connectivity index (χ4n) is 3.10. The fourth-order valence-corrected chi connectivity index (χ4v) is 3.10. The van der Waals surface area contributed by atoms with E-state index in [0.717, 1.165) is 18.9 Å². The predicted molar refractivity (Wildman–Crippen MR) is 90.2 cm³/mol. The molecular weight excluding hydrogens is 258 g/mol. The number of nitrogens with one attached hydrogen (secondary N) is 1. The number of hydrogen-bond donors (Lipinski definition) is 1. The largest absolute Gasteiger partial charge is 0.492 e. The Morgan fingerprint density at radius 3 is 2.52 bits per heavy atom. The van der Waals surface area contributed by atoms with Crippen molar-refractivity contribution >= 4 is 0 Å². The summed E-state index contributed by atoms with van der Waals surface area (Å²) in [6, 6.07) is 7.26. The summed E-state index contributed by atoms with van der Waals surface area (Å²) in [6.45, 7) is 10.5. The lowest BCUT2D eigenvalue weighted by Gasteiger charge is -2.25. The van der Waals surface area contributed by atoms with Crippen molar-refractivity contribution in [2.75, 3.05) is 13.2 Å². The summed E-state index contributed by atoms with van der Waals surface area (Å²) in [5, 5.41) is 3.64. The molecule has 0 unspecified atom stereocenters. The summed E-state index contributed by atoms with van der Waals surface area (Å²) in [4.78, 5) is 0. The molecule has 0 spiro atoms. The molecule has 1 aliphatic carbocycles. The highest BCUT2D eigenvalue weighted by molar-refractivity contribution is 5.41. The zero-order valence-electron chi connectivity index (χ0n) is 14.2. The van der Waals surface area contributed by atoms with Crippen LogP contribution in [0.2, 0.25) is 0 Å². The van der Waals surface area contributed by atoms with Crippen LogP contribution >= 0.6 is 0 Å². The molecule has 0 bridgehead atoms. The Morgan fingerprint density at radius 1 is 1.14 bits per heavy atom. The van der Waals surface area contributed by atoms with Crippen LogP contribution in [0.15, 0.2) is 18.2 Å². The fraction of sp³-hybridized carbons (Fsp3) is 0.684. The predicted octanol–water partition coefficient (Wildman–Crippen LogP) is 4.59. The maximum absolute atomic E-state index is 6.07. The van der Waals surface area contributed by atoms with E-state index in [2.05, 4.69) is 51.2 Å². The summed E-state index contributed by atoms with van der Waals surface area (Å²) in [5.74, 6) is 1.05. The molecule has 1 aliphatic rings. The second kappa shape index (κ2) is 7.31. The molecule has 2 rings (SSSR count). The van der Waals surface area contributed by atoms with Gasteiger partial charge in [-0.25, -0.2) is 0 Å².